The third-order valence-electron chi connectivity index (χ3n) is 2.25. The molecule has 0 saturated heterocycles. The average molecular weight is 260 g/mol. The van der Waals surface area contributed by atoms with Crippen LogP contribution in [0.5, 0.6) is 0 Å². The van der Waals surface area contributed by atoms with Crippen molar-refractivity contribution in [1.29, 1.82) is 0 Å². The standard InChI is InChI=1S/C11H5F5N2/c12-7-6(5-2-1-4(17)3-18-5)8(13)10(15)11(16)9(7)14/h1-3H,17H2. The van der Waals surface area contributed by atoms with Crippen molar-refractivity contribution in [1.82, 2.24) is 4.98 Å². The third-order valence-corrected chi connectivity index (χ3v) is 2.25. The summed E-state index contributed by atoms with van der Waals surface area (Å²) in [7, 11) is 0. The smallest absolute Gasteiger partial charge is 0.200 e. The Hall–Kier alpha value is -2.18. The van der Waals surface area contributed by atoms with E-state index in [-0.39, 0.29) is 5.69 Å². The van der Waals surface area contributed by atoms with Crippen molar-refractivity contribution >= 4 is 5.69 Å². The van der Waals surface area contributed by atoms with Crippen molar-refractivity contribution in [2.24, 2.45) is 0 Å². The molecule has 0 spiro atoms. The molecule has 1 heterocycles. The van der Waals surface area contributed by atoms with Crippen LogP contribution < -0.4 is 5.73 Å². The number of anilines is 1. The first-order valence-electron chi connectivity index (χ1n) is 4.66. The molecule has 0 aliphatic heterocycles. The van der Waals surface area contributed by atoms with Gasteiger partial charge in [0.25, 0.3) is 0 Å². The Kier molecular flexibility index (Phi) is 2.90. The molecule has 2 nitrogen and oxygen atoms in total. The minimum absolute atomic E-state index is 0.197. The van der Waals surface area contributed by atoms with Gasteiger partial charge >= 0.3 is 0 Å². The molecule has 0 amide bonds. The predicted molar refractivity (Wildman–Crippen MR) is 53.9 cm³/mol. The van der Waals surface area contributed by atoms with Gasteiger partial charge in [-0.3, -0.25) is 4.98 Å². The topological polar surface area (TPSA) is 38.9 Å². The number of aromatic nitrogens is 1. The molecule has 1 aromatic heterocycles. The highest BCUT2D eigenvalue weighted by Crippen LogP contribution is 2.30. The van der Waals surface area contributed by atoms with Crippen LogP contribution in [-0.2, 0) is 0 Å². The van der Waals surface area contributed by atoms with E-state index >= 15 is 0 Å². The largest absolute Gasteiger partial charge is 0.397 e. The van der Waals surface area contributed by atoms with Crippen molar-refractivity contribution < 1.29 is 22.0 Å². The molecule has 0 fully saturated rings. The number of benzene rings is 1. The maximum absolute atomic E-state index is 13.4. The molecule has 94 valence electrons. The van der Waals surface area contributed by atoms with Gasteiger partial charge in [-0.15, -0.1) is 0 Å². The molecule has 0 aliphatic rings. The minimum Gasteiger partial charge on any atom is -0.397 e. The lowest BCUT2D eigenvalue weighted by atomic mass is 10.1. The Bertz CT molecular complexity index is 581. The number of pyridine rings is 1. The maximum Gasteiger partial charge on any atom is 0.200 e. The molecule has 0 unspecified atom stereocenters. The van der Waals surface area contributed by atoms with E-state index in [2.05, 4.69) is 4.98 Å². The van der Waals surface area contributed by atoms with Gasteiger partial charge in [0.05, 0.1) is 23.1 Å². The molecule has 18 heavy (non-hydrogen) atoms. The summed E-state index contributed by atoms with van der Waals surface area (Å²) >= 11 is 0. The summed E-state index contributed by atoms with van der Waals surface area (Å²) in [6.07, 6.45) is 1.05. The number of nitrogen functional groups attached to an aromatic ring is 1. The second kappa shape index (κ2) is 4.25. The van der Waals surface area contributed by atoms with Gasteiger partial charge in [0, 0.05) is 0 Å². The zero-order valence-corrected chi connectivity index (χ0v) is 8.65. The van der Waals surface area contributed by atoms with Crippen LogP contribution in [-0.4, -0.2) is 4.98 Å². The Morgan fingerprint density at radius 3 is 1.72 bits per heavy atom. The summed E-state index contributed by atoms with van der Waals surface area (Å²) in [5, 5.41) is 0. The lowest BCUT2D eigenvalue weighted by Gasteiger charge is -2.07. The van der Waals surface area contributed by atoms with E-state index < -0.39 is 40.3 Å². The van der Waals surface area contributed by atoms with Crippen LogP contribution in [0.15, 0.2) is 18.3 Å². The second-order valence-corrected chi connectivity index (χ2v) is 3.42. The second-order valence-electron chi connectivity index (χ2n) is 3.42. The van der Waals surface area contributed by atoms with Crippen LogP contribution in [0.1, 0.15) is 0 Å². The zero-order chi connectivity index (χ0) is 13.4. The predicted octanol–water partition coefficient (Wildman–Crippen LogP) is 3.03. The van der Waals surface area contributed by atoms with Crippen LogP contribution in [0, 0.1) is 29.1 Å². The van der Waals surface area contributed by atoms with Gasteiger partial charge in [0.15, 0.2) is 23.3 Å². The number of nitrogens with two attached hydrogens (primary N) is 1. The highest BCUT2D eigenvalue weighted by molar-refractivity contribution is 5.62. The Morgan fingerprint density at radius 1 is 0.778 bits per heavy atom. The summed E-state index contributed by atoms with van der Waals surface area (Å²) in [4.78, 5) is 3.52. The highest BCUT2D eigenvalue weighted by Gasteiger charge is 2.27. The number of nitrogens with zero attached hydrogens (tertiary/aromatic N) is 1. The molecule has 0 aliphatic carbocycles. The van der Waals surface area contributed by atoms with Gasteiger partial charge in [-0.2, -0.15) is 0 Å². The summed E-state index contributed by atoms with van der Waals surface area (Å²) in [5.74, 6) is -10.1. The molecule has 0 radical (unpaired) electrons. The van der Waals surface area contributed by atoms with E-state index in [1.807, 2.05) is 0 Å². The average Bonchev–Trinajstić information content (AvgIpc) is 2.36. The molecule has 1 aromatic carbocycles. The van der Waals surface area contributed by atoms with Crippen LogP contribution >= 0.6 is 0 Å². The number of halogens is 5. The van der Waals surface area contributed by atoms with Gasteiger partial charge in [-0.1, -0.05) is 0 Å². The van der Waals surface area contributed by atoms with E-state index in [0.29, 0.717) is 0 Å². The fraction of sp³-hybridized carbons (Fsp3) is 0. The zero-order valence-electron chi connectivity index (χ0n) is 8.65. The molecule has 2 aromatic rings. The van der Waals surface area contributed by atoms with Crippen LogP contribution in [0.25, 0.3) is 11.3 Å². The van der Waals surface area contributed by atoms with Gasteiger partial charge in [0.1, 0.15) is 0 Å². The minimum atomic E-state index is -2.20. The van der Waals surface area contributed by atoms with Gasteiger partial charge in [-0.25, -0.2) is 22.0 Å². The van der Waals surface area contributed by atoms with Crippen LogP contribution in [0.2, 0.25) is 0 Å². The summed E-state index contributed by atoms with van der Waals surface area (Å²) in [6, 6.07) is 2.30. The lowest BCUT2D eigenvalue weighted by Crippen LogP contribution is -2.04. The molecule has 2 rings (SSSR count). The quantitative estimate of drug-likeness (QED) is 0.486. The first kappa shape index (κ1) is 12.3. The van der Waals surface area contributed by atoms with Gasteiger partial charge < -0.3 is 5.73 Å². The third kappa shape index (κ3) is 1.77. The van der Waals surface area contributed by atoms with Crippen molar-refractivity contribution in [3.63, 3.8) is 0 Å². The van der Waals surface area contributed by atoms with Crippen molar-refractivity contribution in [3.8, 4) is 11.3 Å². The molecule has 2 N–H and O–H groups in total. The summed E-state index contributed by atoms with van der Waals surface area (Å²) < 4.78 is 65.5. The molecule has 0 atom stereocenters. The molecular weight excluding hydrogens is 255 g/mol. The summed E-state index contributed by atoms with van der Waals surface area (Å²) in [6.45, 7) is 0. The van der Waals surface area contributed by atoms with E-state index in [1.54, 1.807) is 0 Å². The molecule has 0 bridgehead atoms. The monoisotopic (exact) mass is 260 g/mol. The highest BCUT2D eigenvalue weighted by atomic mass is 19.2. The SMILES string of the molecule is Nc1ccc(-c2c(F)c(F)c(F)c(F)c2F)nc1. The Labute approximate surface area is 97.9 Å². The van der Waals surface area contributed by atoms with E-state index in [4.69, 9.17) is 5.73 Å². The van der Waals surface area contributed by atoms with Gasteiger partial charge in [0.2, 0.25) is 5.82 Å². The first-order chi connectivity index (χ1) is 8.43. The fourth-order valence-corrected chi connectivity index (χ4v) is 1.38. The van der Waals surface area contributed by atoms with Crippen molar-refractivity contribution in [3.05, 3.63) is 47.4 Å². The molecule has 0 saturated carbocycles. The van der Waals surface area contributed by atoms with E-state index in [9.17, 15) is 22.0 Å². The van der Waals surface area contributed by atoms with Crippen molar-refractivity contribution in [2.45, 2.75) is 0 Å². The normalized spacial score (nSPS) is 10.7. The fourth-order valence-electron chi connectivity index (χ4n) is 1.38. The Morgan fingerprint density at radius 2 is 1.28 bits per heavy atom. The first-order valence-corrected chi connectivity index (χ1v) is 4.66. The lowest BCUT2D eigenvalue weighted by molar-refractivity contribution is 0.381. The van der Waals surface area contributed by atoms with E-state index in [1.165, 1.54) is 6.07 Å². The summed E-state index contributed by atoms with van der Waals surface area (Å²) in [5.41, 5.74) is 4.03. The molecule has 7 heteroatoms. The van der Waals surface area contributed by atoms with E-state index in [0.717, 1.165) is 12.3 Å². The number of hydrogen-bond donors (Lipinski definition) is 1. The van der Waals surface area contributed by atoms with Gasteiger partial charge in [-0.05, 0) is 12.1 Å². The van der Waals surface area contributed by atoms with Crippen molar-refractivity contribution in [2.75, 3.05) is 5.73 Å². The van der Waals surface area contributed by atoms with Crippen LogP contribution in [0.4, 0.5) is 27.6 Å². The maximum atomic E-state index is 13.4. The Balaban J connectivity index is 2.75. The van der Waals surface area contributed by atoms with Crippen LogP contribution in [0.3, 0.4) is 0 Å². The number of hydrogen-bond acceptors (Lipinski definition) is 2. The number of rotatable bonds is 1. The molecular formula is C11H5F5N2.